The molecule has 0 saturated heterocycles. The lowest BCUT2D eigenvalue weighted by molar-refractivity contribution is -0.152. The highest BCUT2D eigenvalue weighted by Crippen LogP contribution is 2.24. The van der Waals surface area contributed by atoms with E-state index in [0.29, 0.717) is 31.5 Å². The molecule has 1 aromatic carbocycles. The second kappa shape index (κ2) is 12.4. The number of esters is 1. The lowest BCUT2D eigenvalue weighted by Gasteiger charge is -2.20. The van der Waals surface area contributed by atoms with Gasteiger partial charge in [-0.2, -0.15) is 0 Å². The highest BCUT2D eigenvalue weighted by Gasteiger charge is 2.24. The molecule has 198 valence electrons. The van der Waals surface area contributed by atoms with Crippen molar-refractivity contribution in [3.05, 3.63) is 50.7 Å². The Bertz CT molecular complexity index is 1180. The molecule has 0 aliphatic rings. The van der Waals surface area contributed by atoms with E-state index in [0.717, 1.165) is 10.1 Å². The van der Waals surface area contributed by atoms with Crippen LogP contribution in [-0.2, 0) is 27.4 Å². The van der Waals surface area contributed by atoms with Gasteiger partial charge in [0.1, 0.15) is 23.7 Å². The third-order valence-electron chi connectivity index (χ3n) is 5.51. The monoisotopic (exact) mass is 501 g/mol. The molecular weight excluding hydrogens is 462 g/mol. The van der Waals surface area contributed by atoms with E-state index in [9.17, 15) is 19.2 Å². The number of carbonyl (C=O) groups is 2. The van der Waals surface area contributed by atoms with E-state index >= 15 is 0 Å². The molecule has 1 atom stereocenters. The number of aromatic nitrogens is 2. The van der Waals surface area contributed by atoms with Crippen LogP contribution in [0.3, 0.4) is 0 Å². The highest BCUT2D eigenvalue weighted by molar-refractivity contribution is 5.97. The summed E-state index contributed by atoms with van der Waals surface area (Å²) in [6, 6.07) is 7.14. The van der Waals surface area contributed by atoms with Crippen LogP contribution in [0.2, 0.25) is 0 Å². The number of anilines is 3. The Balaban J connectivity index is 2.24. The van der Waals surface area contributed by atoms with Crippen LogP contribution in [0, 0.1) is 0 Å². The molecule has 1 amide bonds. The van der Waals surface area contributed by atoms with Crippen LogP contribution in [0.5, 0.6) is 0 Å². The van der Waals surface area contributed by atoms with Crippen molar-refractivity contribution in [3.63, 3.8) is 0 Å². The number of nitrogen functional groups attached to an aromatic ring is 1. The van der Waals surface area contributed by atoms with Gasteiger partial charge in [-0.25, -0.2) is 4.79 Å². The molecule has 0 aliphatic carbocycles. The largest absolute Gasteiger partial charge is 0.459 e. The second-order valence-electron chi connectivity index (χ2n) is 9.66. The van der Waals surface area contributed by atoms with Gasteiger partial charge in [0, 0.05) is 18.8 Å². The molecule has 10 nitrogen and oxygen atoms in total. The molecule has 0 spiro atoms. The fourth-order valence-electron chi connectivity index (χ4n) is 3.86. The topological polar surface area (TPSA) is 137 Å². The SMILES string of the molecule is CCCn1c(N)c(NC(=O)C(CC)c2ccc(NCC(=O)OC(C)(C)C)cc2)c(=O)n(CCC)c1=O. The van der Waals surface area contributed by atoms with E-state index in [1.807, 2.05) is 20.8 Å². The molecule has 10 heteroatoms. The van der Waals surface area contributed by atoms with Gasteiger partial charge in [0.15, 0.2) is 0 Å². The predicted molar refractivity (Wildman–Crippen MR) is 142 cm³/mol. The van der Waals surface area contributed by atoms with Crippen LogP contribution in [0.15, 0.2) is 33.9 Å². The maximum Gasteiger partial charge on any atom is 0.332 e. The Morgan fingerprint density at radius 2 is 1.58 bits per heavy atom. The fourth-order valence-corrected chi connectivity index (χ4v) is 3.86. The summed E-state index contributed by atoms with van der Waals surface area (Å²) >= 11 is 0. The number of nitrogens with one attached hydrogen (secondary N) is 2. The van der Waals surface area contributed by atoms with Crippen molar-refractivity contribution in [1.29, 1.82) is 0 Å². The Kier molecular flexibility index (Phi) is 9.89. The summed E-state index contributed by atoms with van der Waals surface area (Å²) in [6.07, 6.45) is 1.71. The van der Waals surface area contributed by atoms with E-state index in [1.54, 1.807) is 45.0 Å². The first kappa shape index (κ1) is 28.7. The maximum absolute atomic E-state index is 13.2. The zero-order valence-corrected chi connectivity index (χ0v) is 22.1. The van der Waals surface area contributed by atoms with Gasteiger partial charge in [0.25, 0.3) is 5.56 Å². The number of nitrogens with zero attached hydrogens (tertiary/aromatic N) is 2. The minimum absolute atomic E-state index is 0.0189. The van der Waals surface area contributed by atoms with Crippen LogP contribution in [-0.4, -0.2) is 33.2 Å². The van der Waals surface area contributed by atoms with E-state index in [-0.39, 0.29) is 36.5 Å². The van der Waals surface area contributed by atoms with Crippen molar-refractivity contribution in [2.45, 2.75) is 85.4 Å². The quantitative estimate of drug-likeness (QED) is 0.402. The Hall–Kier alpha value is -3.56. The first-order valence-corrected chi connectivity index (χ1v) is 12.4. The first-order chi connectivity index (χ1) is 16.9. The van der Waals surface area contributed by atoms with Gasteiger partial charge in [-0.1, -0.05) is 32.9 Å². The summed E-state index contributed by atoms with van der Waals surface area (Å²) in [7, 11) is 0. The van der Waals surface area contributed by atoms with Gasteiger partial charge in [-0.05, 0) is 57.7 Å². The lowest BCUT2D eigenvalue weighted by atomic mass is 9.95. The first-order valence-electron chi connectivity index (χ1n) is 12.4. The zero-order valence-electron chi connectivity index (χ0n) is 22.1. The van der Waals surface area contributed by atoms with Gasteiger partial charge in [0.05, 0.1) is 5.92 Å². The van der Waals surface area contributed by atoms with Crippen molar-refractivity contribution in [2.75, 3.05) is 22.9 Å². The number of ether oxygens (including phenoxy) is 1. The summed E-state index contributed by atoms with van der Waals surface area (Å²) in [6.45, 7) is 11.6. The second-order valence-corrected chi connectivity index (χ2v) is 9.66. The van der Waals surface area contributed by atoms with Gasteiger partial charge in [-0.3, -0.25) is 23.5 Å². The number of amides is 1. The third kappa shape index (κ3) is 7.22. The molecule has 1 unspecified atom stereocenters. The maximum atomic E-state index is 13.2. The third-order valence-corrected chi connectivity index (χ3v) is 5.51. The smallest absolute Gasteiger partial charge is 0.332 e. The molecule has 2 aromatic rings. The number of rotatable bonds is 11. The highest BCUT2D eigenvalue weighted by atomic mass is 16.6. The molecule has 0 aliphatic heterocycles. The molecular formula is C26H39N5O5. The van der Waals surface area contributed by atoms with Gasteiger partial charge in [-0.15, -0.1) is 0 Å². The van der Waals surface area contributed by atoms with E-state index in [1.165, 1.54) is 4.57 Å². The average molecular weight is 502 g/mol. The molecule has 36 heavy (non-hydrogen) atoms. The van der Waals surface area contributed by atoms with E-state index < -0.39 is 22.8 Å². The molecule has 1 heterocycles. The number of hydrogen-bond donors (Lipinski definition) is 3. The lowest BCUT2D eigenvalue weighted by Crippen LogP contribution is -2.43. The number of carbonyl (C=O) groups excluding carboxylic acids is 2. The van der Waals surface area contributed by atoms with Crippen LogP contribution in [0.1, 0.15) is 72.3 Å². The van der Waals surface area contributed by atoms with Crippen LogP contribution in [0.25, 0.3) is 0 Å². The molecule has 2 rings (SSSR count). The molecule has 0 saturated carbocycles. The van der Waals surface area contributed by atoms with Crippen LogP contribution < -0.4 is 27.6 Å². The predicted octanol–water partition coefficient (Wildman–Crippen LogP) is 3.30. The van der Waals surface area contributed by atoms with Crippen LogP contribution in [0.4, 0.5) is 17.2 Å². The van der Waals surface area contributed by atoms with Crippen molar-refractivity contribution in [2.24, 2.45) is 0 Å². The number of hydrogen-bond acceptors (Lipinski definition) is 7. The van der Waals surface area contributed by atoms with Crippen LogP contribution >= 0.6 is 0 Å². The van der Waals surface area contributed by atoms with Crippen molar-refractivity contribution in [1.82, 2.24) is 9.13 Å². The molecule has 4 N–H and O–H groups in total. The average Bonchev–Trinajstić information content (AvgIpc) is 2.81. The minimum atomic E-state index is -0.600. The summed E-state index contributed by atoms with van der Waals surface area (Å²) < 4.78 is 7.74. The van der Waals surface area contributed by atoms with E-state index in [2.05, 4.69) is 10.6 Å². The standard InChI is InChI=1S/C26H39N5O5/c1-7-14-30-22(27)21(24(34)31(15-8-2)25(30)35)29-23(33)19(9-3)17-10-12-18(13-11-17)28-16-20(32)36-26(4,5)6/h10-13,19,28H,7-9,14-16,27H2,1-6H3,(H,29,33). The summed E-state index contributed by atoms with van der Waals surface area (Å²) in [4.78, 5) is 50.9. The molecule has 0 fully saturated rings. The normalized spacial score (nSPS) is 12.2. The van der Waals surface area contributed by atoms with E-state index in [4.69, 9.17) is 10.5 Å². The summed E-state index contributed by atoms with van der Waals surface area (Å²) in [5.74, 6) is -1.34. The molecule has 0 radical (unpaired) electrons. The Morgan fingerprint density at radius 3 is 2.11 bits per heavy atom. The van der Waals surface area contributed by atoms with Crippen molar-refractivity contribution < 1.29 is 14.3 Å². The minimum Gasteiger partial charge on any atom is -0.459 e. The number of nitrogens with two attached hydrogens (primary N) is 1. The van der Waals surface area contributed by atoms with Crippen molar-refractivity contribution in [3.8, 4) is 0 Å². The molecule has 0 bridgehead atoms. The van der Waals surface area contributed by atoms with Crippen molar-refractivity contribution >= 4 is 29.1 Å². The number of benzene rings is 1. The van der Waals surface area contributed by atoms with Gasteiger partial charge < -0.3 is 21.1 Å². The summed E-state index contributed by atoms with van der Waals surface area (Å²) in [5.41, 5.74) is 5.92. The van der Waals surface area contributed by atoms with Gasteiger partial charge in [0.2, 0.25) is 5.91 Å². The zero-order chi connectivity index (χ0) is 27.0. The molecule has 1 aromatic heterocycles. The van der Waals surface area contributed by atoms with Gasteiger partial charge >= 0.3 is 11.7 Å². The fraction of sp³-hybridized carbons (Fsp3) is 0.538. The Morgan fingerprint density at radius 1 is 1.00 bits per heavy atom. The Labute approximate surface area is 211 Å². The summed E-state index contributed by atoms with van der Waals surface area (Å²) in [5, 5.41) is 5.70.